The highest BCUT2D eigenvalue weighted by Crippen LogP contribution is 2.28. The number of amides is 1. The SMILES string of the molecule is CN1CCc2ccc(C(=O)N3CCC(O)CC3)cc21. The van der Waals surface area contributed by atoms with E-state index in [2.05, 4.69) is 18.0 Å². The van der Waals surface area contributed by atoms with E-state index in [1.165, 1.54) is 11.3 Å². The van der Waals surface area contributed by atoms with E-state index in [9.17, 15) is 9.90 Å². The first-order valence-corrected chi connectivity index (χ1v) is 6.96. The minimum atomic E-state index is -0.241. The highest BCUT2D eigenvalue weighted by molar-refractivity contribution is 5.95. The number of hydrogen-bond donors (Lipinski definition) is 1. The average molecular weight is 260 g/mol. The zero-order valence-electron chi connectivity index (χ0n) is 11.3. The van der Waals surface area contributed by atoms with E-state index in [1.54, 1.807) is 0 Å². The van der Waals surface area contributed by atoms with Gasteiger partial charge in [0.25, 0.3) is 5.91 Å². The minimum Gasteiger partial charge on any atom is -0.393 e. The molecule has 1 saturated heterocycles. The van der Waals surface area contributed by atoms with Gasteiger partial charge in [-0.2, -0.15) is 0 Å². The van der Waals surface area contributed by atoms with E-state index < -0.39 is 0 Å². The van der Waals surface area contributed by atoms with Gasteiger partial charge in [0.15, 0.2) is 0 Å². The Morgan fingerprint density at radius 1 is 1.26 bits per heavy atom. The third-order valence-electron chi connectivity index (χ3n) is 4.21. The van der Waals surface area contributed by atoms with Crippen molar-refractivity contribution in [2.24, 2.45) is 0 Å². The summed E-state index contributed by atoms with van der Waals surface area (Å²) in [4.78, 5) is 16.5. The molecule has 2 aliphatic heterocycles. The van der Waals surface area contributed by atoms with Crippen LogP contribution >= 0.6 is 0 Å². The van der Waals surface area contributed by atoms with Crippen molar-refractivity contribution in [1.29, 1.82) is 0 Å². The van der Waals surface area contributed by atoms with Crippen molar-refractivity contribution >= 4 is 11.6 Å². The van der Waals surface area contributed by atoms with Crippen molar-refractivity contribution in [3.63, 3.8) is 0 Å². The maximum atomic E-state index is 12.4. The fourth-order valence-corrected chi connectivity index (χ4v) is 2.92. The van der Waals surface area contributed by atoms with Gasteiger partial charge in [0, 0.05) is 37.9 Å². The second-order valence-corrected chi connectivity index (χ2v) is 5.54. The van der Waals surface area contributed by atoms with E-state index in [4.69, 9.17) is 0 Å². The number of nitrogens with zero attached hydrogens (tertiary/aromatic N) is 2. The van der Waals surface area contributed by atoms with Gasteiger partial charge < -0.3 is 14.9 Å². The molecule has 1 fully saturated rings. The number of hydrogen-bond acceptors (Lipinski definition) is 3. The quantitative estimate of drug-likeness (QED) is 0.827. The summed E-state index contributed by atoms with van der Waals surface area (Å²) < 4.78 is 0. The number of fused-ring (bicyclic) bond motifs is 1. The van der Waals surface area contributed by atoms with Crippen LogP contribution in [-0.2, 0) is 6.42 Å². The molecule has 1 aromatic carbocycles. The van der Waals surface area contributed by atoms with Crippen LogP contribution in [0.5, 0.6) is 0 Å². The molecule has 1 N–H and O–H groups in total. The van der Waals surface area contributed by atoms with Crippen molar-refractivity contribution in [3.8, 4) is 0 Å². The molecule has 1 aromatic rings. The van der Waals surface area contributed by atoms with Crippen LogP contribution in [0.25, 0.3) is 0 Å². The Morgan fingerprint density at radius 3 is 2.74 bits per heavy atom. The van der Waals surface area contributed by atoms with E-state index in [0.29, 0.717) is 25.9 Å². The molecule has 0 spiro atoms. The molecule has 2 aliphatic rings. The zero-order chi connectivity index (χ0) is 13.4. The van der Waals surface area contributed by atoms with Gasteiger partial charge in [0.05, 0.1) is 6.10 Å². The molecule has 0 bridgehead atoms. The third kappa shape index (κ3) is 2.32. The van der Waals surface area contributed by atoms with Crippen molar-refractivity contribution in [3.05, 3.63) is 29.3 Å². The highest BCUT2D eigenvalue weighted by atomic mass is 16.3. The minimum absolute atomic E-state index is 0.0926. The molecule has 0 radical (unpaired) electrons. The maximum Gasteiger partial charge on any atom is 0.253 e. The molecule has 0 unspecified atom stereocenters. The summed E-state index contributed by atoms with van der Waals surface area (Å²) in [7, 11) is 2.07. The Kier molecular flexibility index (Phi) is 3.19. The summed E-state index contributed by atoms with van der Waals surface area (Å²) in [5.74, 6) is 0.0926. The first kappa shape index (κ1) is 12.5. The number of piperidine rings is 1. The largest absolute Gasteiger partial charge is 0.393 e. The molecular formula is C15H20N2O2. The molecule has 4 nitrogen and oxygen atoms in total. The summed E-state index contributed by atoms with van der Waals surface area (Å²) >= 11 is 0. The Morgan fingerprint density at radius 2 is 2.00 bits per heavy atom. The molecule has 2 heterocycles. The van der Waals surface area contributed by atoms with Gasteiger partial charge in [-0.1, -0.05) is 6.07 Å². The van der Waals surface area contributed by atoms with Crippen LogP contribution in [0.15, 0.2) is 18.2 Å². The smallest absolute Gasteiger partial charge is 0.253 e. The number of rotatable bonds is 1. The van der Waals surface area contributed by atoms with Crippen LogP contribution in [-0.4, -0.2) is 48.7 Å². The number of benzene rings is 1. The van der Waals surface area contributed by atoms with Gasteiger partial charge >= 0.3 is 0 Å². The van der Waals surface area contributed by atoms with Crippen LogP contribution in [0.2, 0.25) is 0 Å². The fourth-order valence-electron chi connectivity index (χ4n) is 2.92. The lowest BCUT2D eigenvalue weighted by Crippen LogP contribution is -2.40. The second kappa shape index (κ2) is 4.85. The molecule has 3 rings (SSSR count). The van der Waals surface area contributed by atoms with Crippen LogP contribution in [0.4, 0.5) is 5.69 Å². The molecule has 0 saturated carbocycles. The van der Waals surface area contributed by atoms with Crippen molar-refractivity contribution in [2.45, 2.75) is 25.4 Å². The Labute approximate surface area is 113 Å². The molecule has 0 aliphatic carbocycles. The third-order valence-corrected chi connectivity index (χ3v) is 4.21. The molecule has 0 aromatic heterocycles. The van der Waals surface area contributed by atoms with E-state index >= 15 is 0 Å². The molecule has 102 valence electrons. The summed E-state index contributed by atoms with van der Waals surface area (Å²) in [6.45, 7) is 2.35. The van der Waals surface area contributed by atoms with E-state index in [-0.39, 0.29) is 12.0 Å². The predicted molar refractivity (Wildman–Crippen MR) is 74.6 cm³/mol. The lowest BCUT2D eigenvalue weighted by atomic mass is 10.0. The van der Waals surface area contributed by atoms with Crippen molar-refractivity contribution in [2.75, 3.05) is 31.6 Å². The summed E-state index contributed by atoms with van der Waals surface area (Å²) in [5.41, 5.74) is 3.28. The topological polar surface area (TPSA) is 43.8 Å². The molecule has 4 heteroatoms. The van der Waals surface area contributed by atoms with E-state index in [0.717, 1.165) is 18.5 Å². The number of aliphatic hydroxyl groups is 1. The Bertz CT molecular complexity index is 493. The average Bonchev–Trinajstić information content (AvgIpc) is 2.80. The van der Waals surface area contributed by atoms with Gasteiger partial charge in [-0.05, 0) is 37.0 Å². The zero-order valence-corrected chi connectivity index (χ0v) is 11.3. The number of anilines is 1. The van der Waals surface area contributed by atoms with Crippen LogP contribution < -0.4 is 4.90 Å². The van der Waals surface area contributed by atoms with Gasteiger partial charge in [-0.3, -0.25) is 4.79 Å². The number of carbonyl (C=O) groups is 1. The first-order valence-electron chi connectivity index (χ1n) is 6.96. The highest BCUT2D eigenvalue weighted by Gasteiger charge is 2.24. The number of aliphatic hydroxyl groups excluding tert-OH is 1. The van der Waals surface area contributed by atoms with Crippen LogP contribution in [0, 0.1) is 0 Å². The lowest BCUT2D eigenvalue weighted by molar-refractivity contribution is 0.0546. The standard InChI is InChI=1S/C15H20N2O2/c1-16-7-4-11-2-3-12(10-14(11)16)15(19)17-8-5-13(18)6-9-17/h2-3,10,13,18H,4-9H2,1H3. The van der Waals surface area contributed by atoms with Gasteiger partial charge in [-0.25, -0.2) is 0 Å². The second-order valence-electron chi connectivity index (χ2n) is 5.54. The predicted octanol–water partition coefficient (Wildman–Crippen LogP) is 1.28. The molecular weight excluding hydrogens is 240 g/mol. The normalized spacial score (nSPS) is 19.7. The Balaban J connectivity index is 1.79. The van der Waals surface area contributed by atoms with Crippen molar-refractivity contribution < 1.29 is 9.90 Å². The van der Waals surface area contributed by atoms with Gasteiger partial charge in [0.2, 0.25) is 0 Å². The summed E-state index contributed by atoms with van der Waals surface area (Å²) in [5, 5.41) is 9.50. The van der Waals surface area contributed by atoms with E-state index in [1.807, 2.05) is 17.0 Å². The lowest BCUT2D eigenvalue weighted by Gasteiger charge is -2.29. The number of likely N-dealkylation sites (N-methyl/N-ethyl adjacent to an activating group) is 1. The fraction of sp³-hybridized carbons (Fsp3) is 0.533. The maximum absolute atomic E-state index is 12.4. The molecule has 1 amide bonds. The monoisotopic (exact) mass is 260 g/mol. The molecule has 19 heavy (non-hydrogen) atoms. The van der Waals surface area contributed by atoms with Crippen LogP contribution in [0.3, 0.4) is 0 Å². The van der Waals surface area contributed by atoms with Crippen molar-refractivity contribution in [1.82, 2.24) is 4.90 Å². The van der Waals surface area contributed by atoms with Gasteiger partial charge in [0.1, 0.15) is 0 Å². The first-order chi connectivity index (χ1) is 9.15. The number of likely N-dealkylation sites (tertiary alicyclic amines) is 1. The summed E-state index contributed by atoms with van der Waals surface area (Å²) in [6, 6.07) is 6.02. The summed E-state index contributed by atoms with van der Waals surface area (Å²) in [6.07, 6.45) is 2.21. The van der Waals surface area contributed by atoms with Gasteiger partial charge in [-0.15, -0.1) is 0 Å². The van der Waals surface area contributed by atoms with Crippen LogP contribution in [0.1, 0.15) is 28.8 Å². The number of carbonyl (C=O) groups excluding carboxylic acids is 1. The Hall–Kier alpha value is -1.55. The molecule has 0 atom stereocenters.